The van der Waals surface area contributed by atoms with E-state index in [1.54, 1.807) is 24.3 Å². The summed E-state index contributed by atoms with van der Waals surface area (Å²) in [6.07, 6.45) is 0. The molecular formula is C19H20N4O3. The van der Waals surface area contributed by atoms with E-state index in [0.29, 0.717) is 11.4 Å². The van der Waals surface area contributed by atoms with Crippen LogP contribution in [-0.2, 0) is 4.79 Å². The summed E-state index contributed by atoms with van der Waals surface area (Å²) in [7, 11) is 1.45. The van der Waals surface area contributed by atoms with Gasteiger partial charge in [0, 0.05) is 7.05 Å². The van der Waals surface area contributed by atoms with Crippen LogP contribution in [0.5, 0.6) is 0 Å². The van der Waals surface area contributed by atoms with Crippen molar-refractivity contribution in [2.75, 3.05) is 7.05 Å². The van der Waals surface area contributed by atoms with Gasteiger partial charge in [-0.2, -0.15) is 5.11 Å². The van der Waals surface area contributed by atoms with E-state index in [2.05, 4.69) is 20.5 Å². The highest BCUT2D eigenvalue weighted by Crippen LogP contribution is 2.19. The number of aliphatic hydroxyl groups excluding tert-OH is 1. The van der Waals surface area contributed by atoms with E-state index in [9.17, 15) is 15.0 Å². The van der Waals surface area contributed by atoms with Gasteiger partial charge in [0.15, 0.2) is 11.4 Å². The van der Waals surface area contributed by atoms with E-state index in [4.69, 9.17) is 0 Å². The molecular weight excluding hydrogens is 332 g/mol. The summed E-state index contributed by atoms with van der Waals surface area (Å²) in [4.78, 5) is 15.8. The first-order valence-corrected chi connectivity index (χ1v) is 7.89. The van der Waals surface area contributed by atoms with Crippen molar-refractivity contribution >= 4 is 23.1 Å². The van der Waals surface area contributed by atoms with Crippen LogP contribution in [0.2, 0.25) is 0 Å². The second kappa shape index (κ2) is 8.57. The van der Waals surface area contributed by atoms with Gasteiger partial charge in [-0.1, -0.05) is 35.4 Å². The Balaban J connectivity index is 2.46. The normalized spacial score (nSPS) is 12.8. The minimum Gasteiger partial charge on any atom is -0.493 e. The second-order valence-corrected chi connectivity index (χ2v) is 5.58. The molecule has 0 atom stereocenters. The fourth-order valence-corrected chi connectivity index (χ4v) is 1.99. The Morgan fingerprint density at radius 2 is 1.38 bits per heavy atom. The molecule has 0 heterocycles. The number of azo groups is 1. The molecule has 2 aromatic rings. The van der Waals surface area contributed by atoms with Gasteiger partial charge < -0.3 is 15.5 Å². The number of hydrogen-bond donors (Lipinski definition) is 3. The number of benzene rings is 2. The number of carbonyl (C=O) groups is 1. The van der Waals surface area contributed by atoms with E-state index in [-0.39, 0.29) is 5.70 Å². The van der Waals surface area contributed by atoms with Crippen LogP contribution in [0.1, 0.15) is 11.1 Å². The molecule has 3 N–H and O–H groups in total. The number of hydrogen-bond acceptors (Lipinski definition) is 6. The molecule has 0 unspecified atom stereocenters. The Bertz CT molecular complexity index is 867. The Labute approximate surface area is 151 Å². The fraction of sp³-hybridized carbons (Fsp3) is 0.158. The number of carboxylic acid groups (broad SMARTS) is 1. The molecule has 0 amide bonds. The predicted octanol–water partition coefficient (Wildman–Crippen LogP) is 4.19. The molecule has 2 rings (SSSR count). The zero-order valence-corrected chi connectivity index (χ0v) is 14.8. The highest BCUT2D eigenvalue weighted by Gasteiger charge is 2.20. The average molecular weight is 352 g/mol. The smallest absolute Gasteiger partial charge is 0.357 e. The van der Waals surface area contributed by atoms with Crippen molar-refractivity contribution in [3.05, 3.63) is 71.2 Å². The van der Waals surface area contributed by atoms with E-state index in [1.807, 2.05) is 38.1 Å². The summed E-state index contributed by atoms with van der Waals surface area (Å²) < 4.78 is 0. The van der Waals surface area contributed by atoms with Gasteiger partial charge in [-0.3, -0.25) is 0 Å². The van der Waals surface area contributed by atoms with Gasteiger partial charge in [-0.25, -0.2) is 9.79 Å². The zero-order chi connectivity index (χ0) is 19.1. The van der Waals surface area contributed by atoms with Crippen LogP contribution in [0.3, 0.4) is 0 Å². The first-order chi connectivity index (χ1) is 12.4. The lowest BCUT2D eigenvalue weighted by Crippen LogP contribution is -2.20. The molecule has 0 aliphatic rings. The van der Waals surface area contributed by atoms with Gasteiger partial charge in [0.1, 0.15) is 0 Å². The molecule has 0 radical (unpaired) electrons. The highest BCUT2D eigenvalue weighted by atomic mass is 16.4. The fourth-order valence-electron chi connectivity index (χ4n) is 1.99. The second-order valence-electron chi connectivity index (χ2n) is 5.58. The SMILES string of the molecule is CN/C(O)=C(/N=N/c1ccc(C)cc1)C(=N/c1ccc(C)cc1)\C(=O)O. The van der Waals surface area contributed by atoms with Gasteiger partial charge in [0.2, 0.25) is 5.88 Å². The monoisotopic (exact) mass is 352 g/mol. The van der Waals surface area contributed by atoms with Crippen LogP contribution in [0.15, 0.2) is 75.3 Å². The number of aliphatic carboxylic acids is 1. The largest absolute Gasteiger partial charge is 0.493 e. The van der Waals surface area contributed by atoms with Crippen LogP contribution >= 0.6 is 0 Å². The summed E-state index contributed by atoms with van der Waals surface area (Å²) in [5.41, 5.74) is 2.35. The van der Waals surface area contributed by atoms with Crippen LogP contribution in [-0.4, -0.2) is 28.9 Å². The Hall–Kier alpha value is -3.48. The van der Waals surface area contributed by atoms with Crippen molar-refractivity contribution < 1.29 is 15.0 Å². The van der Waals surface area contributed by atoms with Gasteiger partial charge >= 0.3 is 5.97 Å². The maximum atomic E-state index is 11.7. The molecule has 0 saturated carbocycles. The molecule has 7 nitrogen and oxygen atoms in total. The first kappa shape index (κ1) is 18.9. The standard InChI is InChI=1S/C19H20N4O3/c1-12-4-8-14(9-5-12)21-17(19(25)26)16(18(24)20-3)23-22-15-10-6-13(2)7-11-15/h4-11,20,24H,1-3H3,(H,25,26)/b18-16-,21-17+,23-22+. The molecule has 0 bridgehead atoms. The van der Waals surface area contributed by atoms with Gasteiger partial charge in [0.05, 0.1) is 11.4 Å². The van der Waals surface area contributed by atoms with E-state index < -0.39 is 17.6 Å². The molecule has 134 valence electrons. The summed E-state index contributed by atoms with van der Waals surface area (Å²) in [5.74, 6) is -1.76. The maximum absolute atomic E-state index is 11.7. The van der Waals surface area contributed by atoms with Crippen molar-refractivity contribution in [2.45, 2.75) is 13.8 Å². The molecule has 0 aliphatic heterocycles. The molecule has 0 fully saturated rings. The third-order valence-electron chi connectivity index (χ3n) is 3.46. The van der Waals surface area contributed by atoms with Crippen molar-refractivity contribution in [1.29, 1.82) is 0 Å². The molecule has 7 heteroatoms. The van der Waals surface area contributed by atoms with Crippen LogP contribution in [0.4, 0.5) is 11.4 Å². The van der Waals surface area contributed by atoms with Crippen molar-refractivity contribution in [1.82, 2.24) is 5.32 Å². The van der Waals surface area contributed by atoms with E-state index >= 15 is 0 Å². The molecule has 0 saturated heterocycles. The lowest BCUT2D eigenvalue weighted by Gasteiger charge is -2.06. The average Bonchev–Trinajstić information content (AvgIpc) is 2.63. The summed E-state index contributed by atoms with van der Waals surface area (Å²) in [6, 6.07) is 14.2. The minimum atomic E-state index is -1.33. The van der Waals surface area contributed by atoms with Crippen molar-refractivity contribution in [3.8, 4) is 0 Å². The summed E-state index contributed by atoms with van der Waals surface area (Å²) >= 11 is 0. The molecule has 0 spiro atoms. The number of nitrogens with one attached hydrogen (secondary N) is 1. The van der Waals surface area contributed by atoms with Gasteiger partial charge in [-0.05, 0) is 38.1 Å². The summed E-state index contributed by atoms with van der Waals surface area (Å²) in [5, 5.41) is 30.0. The lowest BCUT2D eigenvalue weighted by atomic mass is 10.2. The third-order valence-corrected chi connectivity index (χ3v) is 3.46. The molecule has 26 heavy (non-hydrogen) atoms. The lowest BCUT2D eigenvalue weighted by molar-refractivity contribution is -0.129. The van der Waals surface area contributed by atoms with Crippen LogP contribution in [0, 0.1) is 13.8 Å². The number of aliphatic imine (C=N–C) groups is 1. The van der Waals surface area contributed by atoms with E-state index in [1.165, 1.54) is 7.05 Å². The first-order valence-electron chi connectivity index (χ1n) is 7.89. The molecule has 2 aromatic carbocycles. The number of aryl methyl sites for hydroxylation is 2. The number of aliphatic hydroxyl groups is 1. The predicted molar refractivity (Wildman–Crippen MR) is 100 cm³/mol. The van der Waals surface area contributed by atoms with Crippen LogP contribution in [0.25, 0.3) is 0 Å². The zero-order valence-electron chi connectivity index (χ0n) is 14.8. The van der Waals surface area contributed by atoms with Crippen LogP contribution < -0.4 is 5.32 Å². The number of nitrogens with zero attached hydrogens (tertiary/aromatic N) is 3. The van der Waals surface area contributed by atoms with Gasteiger partial charge in [0.25, 0.3) is 0 Å². The summed E-state index contributed by atoms with van der Waals surface area (Å²) in [6.45, 7) is 3.86. The Kier molecular flexibility index (Phi) is 6.21. The maximum Gasteiger partial charge on any atom is 0.357 e. The minimum absolute atomic E-state index is 0.263. The molecule has 0 aromatic heterocycles. The van der Waals surface area contributed by atoms with Gasteiger partial charge in [-0.15, -0.1) is 5.11 Å². The molecule has 0 aliphatic carbocycles. The van der Waals surface area contributed by atoms with Crippen molar-refractivity contribution in [2.24, 2.45) is 15.2 Å². The van der Waals surface area contributed by atoms with E-state index in [0.717, 1.165) is 11.1 Å². The topological polar surface area (TPSA) is 107 Å². The Morgan fingerprint density at radius 1 is 0.885 bits per heavy atom. The van der Waals surface area contributed by atoms with Crippen molar-refractivity contribution in [3.63, 3.8) is 0 Å². The highest BCUT2D eigenvalue weighted by molar-refractivity contribution is 6.43. The number of carboxylic acids is 1. The third kappa shape index (κ3) is 5.01. The quantitative estimate of drug-likeness (QED) is 0.411. The Morgan fingerprint density at radius 3 is 1.85 bits per heavy atom. The number of rotatable bonds is 6.